The first kappa shape index (κ1) is 26.5. The molecule has 3 atom stereocenters. The van der Waals surface area contributed by atoms with Gasteiger partial charge in [0.2, 0.25) is 11.8 Å². The molecule has 0 unspecified atom stereocenters. The molecule has 1 saturated heterocycles. The number of carbonyl (C=O) groups is 2. The van der Waals surface area contributed by atoms with Crippen LogP contribution in [0.3, 0.4) is 0 Å². The number of hydrogen-bond acceptors (Lipinski definition) is 5. The Hall–Kier alpha value is -1.74. The topological polar surface area (TPSA) is 98.9 Å². The normalized spacial score (nSPS) is 19.7. The minimum Gasteiger partial charge on any atom is -0.391 e. The standard InChI is InChI=1S/C23H36ClFN4O3/c1-14(2)10-27-22(32)15(3)8-20(30)18(26)11-28-12-21(31)29(13-23(28,4)5)19-9-16(25)6-7-17(19)24/h6-7,9,14-15,18,20,30H,8,10-13,26H2,1-5H3,(H,27,32)/t15-,18+,20+/m1/s1. The summed E-state index contributed by atoms with van der Waals surface area (Å²) in [6.07, 6.45) is -0.658. The number of amides is 2. The molecule has 1 aliphatic rings. The molecule has 32 heavy (non-hydrogen) atoms. The smallest absolute Gasteiger partial charge is 0.241 e. The molecule has 2 rings (SSSR count). The third-order valence-electron chi connectivity index (χ3n) is 5.88. The van der Waals surface area contributed by atoms with Crippen LogP contribution >= 0.6 is 11.6 Å². The fourth-order valence-electron chi connectivity index (χ4n) is 3.76. The average Bonchev–Trinajstić information content (AvgIpc) is 2.70. The molecule has 4 N–H and O–H groups in total. The van der Waals surface area contributed by atoms with Crippen LogP contribution in [0.4, 0.5) is 10.1 Å². The second kappa shape index (κ2) is 10.9. The van der Waals surface area contributed by atoms with Crippen molar-refractivity contribution in [3.8, 4) is 0 Å². The van der Waals surface area contributed by atoms with Gasteiger partial charge < -0.3 is 21.1 Å². The number of hydrogen-bond donors (Lipinski definition) is 3. The van der Waals surface area contributed by atoms with Crippen LogP contribution in [-0.2, 0) is 9.59 Å². The van der Waals surface area contributed by atoms with E-state index in [-0.39, 0.29) is 37.2 Å². The van der Waals surface area contributed by atoms with E-state index in [4.69, 9.17) is 17.3 Å². The maximum atomic E-state index is 13.7. The fourth-order valence-corrected chi connectivity index (χ4v) is 3.98. The van der Waals surface area contributed by atoms with Crippen molar-refractivity contribution in [2.45, 2.75) is 58.7 Å². The minimum atomic E-state index is -0.892. The van der Waals surface area contributed by atoms with E-state index in [0.717, 1.165) is 0 Å². The van der Waals surface area contributed by atoms with Gasteiger partial charge in [-0.05, 0) is 44.4 Å². The molecule has 1 aliphatic heterocycles. The Labute approximate surface area is 195 Å². The number of halogens is 2. The predicted octanol–water partition coefficient (Wildman–Crippen LogP) is 2.39. The van der Waals surface area contributed by atoms with Crippen molar-refractivity contribution in [1.82, 2.24) is 10.2 Å². The van der Waals surface area contributed by atoms with Gasteiger partial charge in [-0.15, -0.1) is 0 Å². The Kier molecular flexibility index (Phi) is 9.05. The number of aliphatic hydroxyl groups excluding tert-OH is 1. The van der Waals surface area contributed by atoms with Crippen molar-refractivity contribution in [2.24, 2.45) is 17.6 Å². The van der Waals surface area contributed by atoms with Crippen LogP contribution in [0.25, 0.3) is 0 Å². The highest BCUT2D eigenvalue weighted by Crippen LogP contribution is 2.32. The summed E-state index contributed by atoms with van der Waals surface area (Å²) in [7, 11) is 0. The van der Waals surface area contributed by atoms with E-state index in [1.54, 1.807) is 6.92 Å². The highest BCUT2D eigenvalue weighted by molar-refractivity contribution is 6.33. The summed E-state index contributed by atoms with van der Waals surface area (Å²) >= 11 is 6.20. The lowest BCUT2D eigenvalue weighted by Gasteiger charge is -2.47. The molecule has 1 aromatic rings. The molecule has 0 radical (unpaired) electrons. The Balaban J connectivity index is 2.00. The Morgan fingerprint density at radius 1 is 1.34 bits per heavy atom. The van der Waals surface area contributed by atoms with Crippen LogP contribution < -0.4 is 16.0 Å². The van der Waals surface area contributed by atoms with Gasteiger partial charge in [0.25, 0.3) is 0 Å². The lowest BCUT2D eigenvalue weighted by Crippen LogP contribution is -2.64. The van der Waals surface area contributed by atoms with Crippen LogP contribution in [0, 0.1) is 17.7 Å². The molecule has 1 heterocycles. The van der Waals surface area contributed by atoms with Crippen LogP contribution in [0.5, 0.6) is 0 Å². The van der Waals surface area contributed by atoms with E-state index in [0.29, 0.717) is 29.7 Å². The van der Waals surface area contributed by atoms with E-state index in [2.05, 4.69) is 5.32 Å². The van der Waals surface area contributed by atoms with Crippen molar-refractivity contribution >= 4 is 29.1 Å². The summed E-state index contributed by atoms with van der Waals surface area (Å²) in [6.45, 7) is 10.9. The van der Waals surface area contributed by atoms with Gasteiger partial charge in [-0.1, -0.05) is 32.4 Å². The van der Waals surface area contributed by atoms with Gasteiger partial charge in [0.15, 0.2) is 0 Å². The van der Waals surface area contributed by atoms with E-state index in [1.807, 2.05) is 32.6 Å². The van der Waals surface area contributed by atoms with Gasteiger partial charge in [0, 0.05) is 37.1 Å². The van der Waals surface area contributed by atoms with Crippen LogP contribution in [-0.4, -0.2) is 65.7 Å². The van der Waals surface area contributed by atoms with Gasteiger partial charge in [-0.25, -0.2) is 4.39 Å². The summed E-state index contributed by atoms with van der Waals surface area (Å²) in [4.78, 5) is 28.5. The van der Waals surface area contributed by atoms with Crippen LogP contribution in [0.15, 0.2) is 18.2 Å². The van der Waals surface area contributed by atoms with Crippen molar-refractivity contribution < 1.29 is 19.1 Å². The van der Waals surface area contributed by atoms with E-state index in [1.165, 1.54) is 23.1 Å². The molecule has 1 aromatic carbocycles. The first-order chi connectivity index (χ1) is 14.8. The summed E-state index contributed by atoms with van der Waals surface area (Å²) in [5.74, 6) is -0.828. The third-order valence-corrected chi connectivity index (χ3v) is 6.20. The molecule has 9 heteroatoms. The second-order valence-corrected chi connectivity index (χ2v) is 10.2. The highest BCUT2D eigenvalue weighted by Gasteiger charge is 2.40. The molecular weight excluding hydrogens is 435 g/mol. The molecule has 0 aliphatic carbocycles. The average molecular weight is 471 g/mol. The zero-order chi connectivity index (χ0) is 24.2. The monoisotopic (exact) mass is 470 g/mol. The second-order valence-electron chi connectivity index (χ2n) is 9.78. The lowest BCUT2D eigenvalue weighted by atomic mass is 9.94. The zero-order valence-electron chi connectivity index (χ0n) is 19.6. The molecule has 2 amide bonds. The van der Waals surface area contributed by atoms with Gasteiger partial charge >= 0.3 is 0 Å². The molecule has 0 aromatic heterocycles. The Morgan fingerprint density at radius 2 is 2.00 bits per heavy atom. The molecular formula is C23H36ClFN4O3. The highest BCUT2D eigenvalue weighted by atomic mass is 35.5. The van der Waals surface area contributed by atoms with E-state index >= 15 is 0 Å². The SMILES string of the molecule is CC(C)CNC(=O)[C@H](C)C[C@H](O)[C@@H](N)CN1CC(=O)N(c2cc(F)ccc2Cl)CC1(C)C. The summed E-state index contributed by atoms with van der Waals surface area (Å²) in [5.41, 5.74) is 6.11. The van der Waals surface area contributed by atoms with E-state index in [9.17, 15) is 19.1 Å². The van der Waals surface area contributed by atoms with Gasteiger partial charge in [-0.2, -0.15) is 0 Å². The van der Waals surface area contributed by atoms with Gasteiger partial charge in [-0.3, -0.25) is 14.5 Å². The number of anilines is 1. The molecule has 180 valence electrons. The number of nitrogens with one attached hydrogen (secondary N) is 1. The van der Waals surface area contributed by atoms with Crippen molar-refractivity contribution in [2.75, 3.05) is 31.1 Å². The quantitative estimate of drug-likeness (QED) is 0.514. The minimum absolute atomic E-state index is 0.0602. The van der Waals surface area contributed by atoms with Gasteiger partial charge in [0.1, 0.15) is 5.82 Å². The maximum Gasteiger partial charge on any atom is 0.241 e. The lowest BCUT2D eigenvalue weighted by molar-refractivity contribution is -0.125. The van der Waals surface area contributed by atoms with Crippen molar-refractivity contribution in [1.29, 1.82) is 0 Å². The first-order valence-corrected chi connectivity index (χ1v) is 11.4. The first-order valence-electron chi connectivity index (χ1n) is 11.0. The largest absolute Gasteiger partial charge is 0.391 e. The maximum absolute atomic E-state index is 13.7. The van der Waals surface area contributed by atoms with Crippen LogP contribution in [0.1, 0.15) is 41.0 Å². The third kappa shape index (κ3) is 6.88. The number of rotatable bonds is 9. The van der Waals surface area contributed by atoms with Gasteiger partial charge in [0.05, 0.1) is 23.4 Å². The Morgan fingerprint density at radius 3 is 2.62 bits per heavy atom. The molecule has 0 spiro atoms. The molecule has 7 nitrogen and oxygen atoms in total. The zero-order valence-corrected chi connectivity index (χ0v) is 20.3. The van der Waals surface area contributed by atoms with E-state index < -0.39 is 23.5 Å². The summed E-state index contributed by atoms with van der Waals surface area (Å²) < 4.78 is 13.7. The number of nitrogens with zero attached hydrogens (tertiary/aromatic N) is 2. The fraction of sp³-hybridized carbons (Fsp3) is 0.652. The Bertz CT molecular complexity index is 820. The number of benzene rings is 1. The number of carbonyl (C=O) groups excluding carboxylic acids is 2. The molecule has 1 fully saturated rings. The predicted molar refractivity (Wildman–Crippen MR) is 125 cm³/mol. The number of aliphatic hydroxyl groups is 1. The number of nitrogens with two attached hydrogens (primary N) is 1. The number of piperazine rings is 1. The summed E-state index contributed by atoms with van der Waals surface area (Å²) in [5, 5.41) is 13.8. The van der Waals surface area contributed by atoms with Crippen molar-refractivity contribution in [3.05, 3.63) is 29.0 Å². The molecule has 0 saturated carbocycles. The summed E-state index contributed by atoms with van der Waals surface area (Å²) in [6, 6.07) is 3.31. The molecule has 0 bridgehead atoms. The van der Waals surface area contributed by atoms with Crippen LogP contribution in [0.2, 0.25) is 5.02 Å². The van der Waals surface area contributed by atoms with Crippen molar-refractivity contribution in [3.63, 3.8) is 0 Å².